The van der Waals surface area contributed by atoms with E-state index in [0.717, 1.165) is 6.26 Å². The third kappa shape index (κ3) is 4.54. The van der Waals surface area contributed by atoms with Crippen LogP contribution in [-0.4, -0.2) is 35.7 Å². The lowest BCUT2D eigenvalue weighted by atomic mass is 9.98. The second-order valence-electron chi connectivity index (χ2n) is 6.13. The Labute approximate surface area is 159 Å². The van der Waals surface area contributed by atoms with E-state index in [2.05, 4.69) is 9.97 Å². The van der Waals surface area contributed by atoms with E-state index >= 15 is 0 Å². The van der Waals surface area contributed by atoms with Crippen LogP contribution in [0.25, 0.3) is 16.8 Å². The van der Waals surface area contributed by atoms with Crippen LogP contribution in [0.2, 0.25) is 0 Å². The standard InChI is InChI=1S/C18H15F3N2O2S2/c1-27(24,25)12-8-6-11(7-9-12)16-17(13-4-2-3-5-14(13)26)23-15(22-16)10-18(19,20)21/h2-4,6-9H,5,10H2,1H3,(H,22,23). The Morgan fingerprint density at radius 3 is 2.44 bits per heavy atom. The van der Waals surface area contributed by atoms with Gasteiger partial charge in [-0.3, -0.25) is 0 Å². The van der Waals surface area contributed by atoms with Crippen molar-refractivity contribution in [2.24, 2.45) is 0 Å². The zero-order valence-corrected chi connectivity index (χ0v) is 15.8. The molecular weight excluding hydrogens is 397 g/mol. The van der Waals surface area contributed by atoms with Crippen molar-refractivity contribution in [3.05, 3.63) is 54.0 Å². The highest BCUT2D eigenvalue weighted by Crippen LogP contribution is 2.32. The van der Waals surface area contributed by atoms with Crippen LogP contribution >= 0.6 is 12.2 Å². The second kappa shape index (κ2) is 7.05. The molecule has 142 valence electrons. The summed E-state index contributed by atoms with van der Waals surface area (Å²) in [6.07, 6.45) is 1.36. The van der Waals surface area contributed by atoms with Crippen LogP contribution in [0.5, 0.6) is 0 Å². The first-order chi connectivity index (χ1) is 12.5. The summed E-state index contributed by atoms with van der Waals surface area (Å²) in [5.41, 5.74) is 1.81. The predicted octanol–water partition coefficient (Wildman–Crippen LogP) is 4.30. The van der Waals surface area contributed by atoms with Crippen LogP contribution in [0, 0.1) is 0 Å². The normalized spacial score (nSPS) is 15.1. The zero-order chi connectivity index (χ0) is 19.8. The molecule has 0 amide bonds. The molecule has 1 aromatic heterocycles. The highest BCUT2D eigenvalue weighted by Gasteiger charge is 2.31. The number of thiocarbonyl (C=S) groups is 1. The van der Waals surface area contributed by atoms with E-state index in [4.69, 9.17) is 12.2 Å². The molecule has 0 unspecified atom stereocenters. The van der Waals surface area contributed by atoms with Crippen molar-refractivity contribution in [1.29, 1.82) is 0 Å². The van der Waals surface area contributed by atoms with Gasteiger partial charge in [-0.25, -0.2) is 13.4 Å². The lowest BCUT2D eigenvalue weighted by molar-refractivity contribution is -0.128. The van der Waals surface area contributed by atoms with Crippen LogP contribution in [0.1, 0.15) is 17.9 Å². The lowest BCUT2D eigenvalue weighted by Gasteiger charge is -2.11. The van der Waals surface area contributed by atoms with E-state index in [1.165, 1.54) is 24.3 Å². The van der Waals surface area contributed by atoms with Crippen molar-refractivity contribution in [2.45, 2.75) is 23.9 Å². The number of hydrogen-bond donors (Lipinski definition) is 1. The minimum absolute atomic E-state index is 0.120. The number of alkyl halides is 3. The first kappa shape index (κ1) is 19.5. The maximum absolute atomic E-state index is 12.8. The Balaban J connectivity index is 2.11. The number of nitrogens with zero attached hydrogens (tertiary/aromatic N) is 1. The topological polar surface area (TPSA) is 62.8 Å². The van der Waals surface area contributed by atoms with Gasteiger partial charge in [-0.05, 0) is 12.1 Å². The molecule has 0 saturated carbocycles. The summed E-state index contributed by atoms with van der Waals surface area (Å²) in [5, 5.41) is 0. The molecule has 1 aromatic carbocycles. The zero-order valence-electron chi connectivity index (χ0n) is 14.2. The first-order valence-electron chi connectivity index (χ1n) is 7.91. The average molecular weight is 412 g/mol. The Morgan fingerprint density at radius 1 is 1.22 bits per heavy atom. The van der Waals surface area contributed by atoms with Crippen LogP contribution in [0.4, 0.5) is 13.2 Å². The summed E-state index contributed by atoms with van der Waals surface area (Å²) in [5.74, 6) is -0.224. The molecule has 0 bridgehead atoms. The molecule has 1 aliphatic rings. The predicted molar refractivity (Wildman–Crippen MR) is 101 cm³/mol. The molecule has 1 N–H and O–H groups in total. The number of allylic oxidation sites excluding steroid dienone is 4. The summed E-state index contributed by atoms with van der Waals surface area (Å²) in [4.78, 5) is 7.57. The minimum atomic E-state index is -4.41. The lowest BCUT2D eigenvalue weighted by Crippen LogP contribution is -2.12. The van der Waals surface area contributed by atoms with Gasteiger partial charge in [-0.15, -0.1) is 0 Å². The molecule has 0 aliphatic heterocycles. The molecular formula is C18H15F3N2O2S2. The van der Waals surface area contributed by atoms with E-state index < -0.39 is 22.4 Å². The minimum Gasteiger partial charge on any atom is -0.341 e. The number of hydrogen-bond acceptors (Lipinski definition) is 4. The molecule has 2 aromatic rings. The quantitative estimate of drug-likeness (QED) is 0.761. The fourth-order valence-electron chi connectivity index (χ4n) is 2.72. The molecule has 0 radical (unpaired) electrons. The van der Waals surface area contributed by atoms with Gasteiger partial charge in [0, 0.05) is 28.7 Å². The van der Waals surface area contributed by atoms with Gasteiger partial charge >= 0.3 is 6.18 Å². The van der Waals surface area contributed by atoms with E-state index in [0.29, 0.717) is 33.8 Å². The highest BCUT2D eigenvalue weighted by molar-refractivity contribution is 7.90. The molecule has 4 nitrogen and oxygen atoms in total. The number of H-pyrrole nitrogens is 1. The van der Waals surface area contributed by atoms with Gasteiger partial charge in [0.25, 0.3) is 0 Å². The monoisotopic (exact) mass is 412 g/mol. The third-order valence-electron chi connectivity index (χ3n) is 3.95. The fraction of sp³-hybridized carbons (Fsp3) is 0.222. The molecule has 1 aliphatic carbocycles. The number of halogens is 3. The molecule has 0 atom stereocenters. The number of nitrogens with one attached hydrogen (secondary N) is 1. The molecule has 0 saturated heterocycles. The number of imidazole rings is 1. The maximum atomic E-state index is 12.8. The van der Waals surface area contributed by atoms with E-state index in [-0.39, 0.29) is 10.7 Å². The number of sulfone groups is 1. The van der Waals surface area contributed by atoms with Crippen molar-refractivity contribution < 1.29 is 21.6 Å². The molecule has 0 fully saturated rings. The average Bonchev–Trinajstić information content (AvgIpc) is 2.96. The third-order valence-corrected chi connectivity index (χ3v) is 5.46. The number of aromatic nitrogens is 2. The maximum Gasteiger partial charge on any atom is 0.396 e. The van der Waals surface area contributed by atoms with Crippen LogP contribution < -0.4 is 0 Å². The van der Waals surface area contributed by atoms with Crippen molar-refractivity contribution >= 4 is 32.5 Å². The van der Waals surface area contributed by atoms with E-state index in [1.807, 2.05) is 6.08 Å². The molecule has 9 heteroatoms. The van der Waals surface area contributed by atoms with Gasteiger partial charge in [-0.2, -0.15) is 13.2 Å². The number of aromatic amines is 1. The van der Waals surface area contributed by atoms with Crippen LogP contribution in [-0.2, 0) is 16.3 Å². The van der Waals surface area contributed by atoms with Gasteiger partial charge in [0.1, 0.15) is 12.2 Å². The van der Waals surface area contributed by atoms with E-state index in [1.54, 1.807) is 12.2 Å². The van der Waals surface area contributed by atoms with Crippen LogP contribution in [0.3, 0.4) is 0 Å². The number of benzene rings is 1. The van der Waals surface area contributed by atoms with Crippen molar-refractivity contribution in [3.8, 4) is 11.3 Å². The SMILES string of the molecule is CS(=O)(=O)c1ccc(-c2nc(CC(F)(F)F)[nH]c2C2=CC=CCC2=S)cc1. The highest BCUT2D eigenvalue weighted by atomic mass is 32.2. The van der Waals surface area contributed by atoms with Gasteiger partial charge < -0.3 is 4.98 Å². The Bertz CT molecular complexity index is 1050. The van der Waals surface area contributed by atoms with Gasteiger partial charge in [0.15, 0.2) is 9.84 Å². The molecule has 0 spiro atoms. The van der Waals surface area contributed by atoms with Crippen molar-refractivity contribution in [3.63, 3.8) is 0 Å². The summed E-state index contributed by atoms with van der Waals surface area (Å²) < 4.78 is 61.7. The van der Waals surface area contributed by atoms with Crippen molar-refractivity contribution in [2.75, 3.05) is 6.26 Å². The van der Waals surface area contributed by atoms with Gasteiger partial charge in [0.2, 0.25) is 0 Å². The van der Waals surface area contributed by atoms with E-state index in [9.17, 15) is 21.6 Å². The Morgan fingerprint density at radius 2 is 1.89 bits per heavy atom. The largest absolute Gasteiger partial charge is 0.396 e. The Hall–Kier alpha value is -2.26. The van der Waals surface area contributed by atoms with Crippen molar-refractivity contribution in [1.82, 2.24) is 9.97 Å². The smallest absolute Gasteiger partial charge is 0.341 e. The summed E-state index contributed by atoms with van der Waals surface area (Å²) in [6.45, 7) is 0. The second-order valence-corrected chi connectivity index (χ2v) is 8.64. The van der Waals surface area contributed by atoms with Gasteiger partial charge in [-0.1, -0.05) is 42.6 Å². The van der Waals surface area contributed by atoms with Crippen LogP contribution in [0.15, 0.2) is 47.4 Å². The molecule has 3 rings (SSSR count). The van der Waals surface area contributed by atoms with Gasteiger partial charge in [0.05, 0.1) is 16.3 Å². The Kier molecular flexibility index (Phi) is 5.09. The number of rotatable bonds is 4. The summed E-state index contributed by atoms with van der Waals surface area (Å²) >= 11 is 5.34. The summed E-state index contributed by atoms with van der Waals surface area (Å²) in [6, 6.07) is 5.85. The fourth-order valence-corrected chi connectivity index (χ4v) is 3.62. The first-order valence-corrected chi connectivity index (χ1v) is 10.2. The molecule has 1 heterocycles. The molecule has 27 heavy (non-hydrogen) atoms. The summed E-state index contributed by atoms with van der Waals surface area (Å²) in [7, 11) is -3.38.